The fraction of sp³-hybridized carbons (Fsp3) is 0.500. The Balaban J connectivity index is 2.21. The molecule has 0 atom stereocenters. The molecular weight excluding hydrogens is 188 g/mol. The van der Waals surface area contributed by atoms with E-state index < -0.39 is 0 Å². The predicted molar refractivity (Wildman–Crippen MR) is 61.0 cm³/mol. The summed E-state index contributed by atoms with van der Waals surface area (Å²) in [4.78, 5) is 4.73. The van der Waals surface area contributed by atoms with Crippen LogP contribution in [-0.4, -0.2) is 44.1 Å². The molecule has 0 spiro atoms. The predicted octanol–water partition coefficient (Wildman–Crippen LogP) is 1.57. The third-order valence-electron chi connectivity index (χ3n) is 3.05. The zero-order valence-corrected chi connectivity index (χ0v) is 9.60. The highest BCUT2D eigenvalue weighted by molar-refractivity contribution is 5.29. The van der Waals surface area contributed by atoms with E-state index in [0.717, 1.165) is 18.8 Å². The van der Waals surface area contributed by atoms with Crippen LogP contribution in [0.1, 0.15) is 11.7 Å². The lowest BCUT2D eigenvalue weighted by atomic mass is 10.1. The molecule has 1 aliphatic heterocycles. The molecule has 0 N–H and O–H groups in total. The molecular formula is C12H18N2O. The van der Waals surface area contributed by atoms with Crippen molar-refractivity contribution in [2.75, 3.05) is 34.3 Å². The van der Waals surface area contributed by atoms with Crippen LogP contribution >= 0.6 is 0 Å². The summed E-state index contributed by atoms with van der Waals surface area (Å²) in [5.41, 5.74) is 1.33. The molecule has 1 aromatic rings. The zero-order valence-electron chi connectivity index (χ0n) is 9.60. The first-order valence-corrected chi connectivity index (χ1v) is 5.27. The van der Waals surface area contributed by atoms with Crippen LogP contribution in [0.5, 0.6) is 5.75 Å². The Bertz CT molecular complexity index is 313. The Morgan fingerprint density at radius 1 is 1.07 bits per heavy atom. The highest BCUT2D eigenvalue weighted by Gasteiger charge is 2.27. The number of hydrogen-bond donors (Lipinski definition) is 0. The zero-order chi connectivity index (χ0) is 10.8. The monoisotopic (exact) mass is 206 g/mol. The van der Waals surface area contributed by atoms with Gasteiger partial charge in [-0.3, -0.25) is 9.80 Å². The maximum Gasteiger partial charge on any atom is 0.118 e. The largest absolute Gasteiger partial charge is 0.497 e. The van der Waals surface area contributed by atoms with Crippen molar-refractivity contribution in [1.29, 1.82) is 0 Å². The van der Waals surface area contributed by atoms with E-state index in [1.54, 1.807) is 7.11 Å². The topological polar surface area (TPSA) is 15.7 Å². The first-order chi connectivity index (χ1) is 7.22. The van der Waals surface area contributed by atoms with Crippen LogP contribution < -0.4 is 4.74 Å². The summed E-state index contributed by atoms with van der Waals surface area (Å²) in [6.45, 7) is 2.26. The molecule has 1 heterocycles. The van der Waals surface area contributed by atoms with Gasteiger partial charge in [0, 0.05) is 13.1 Å². The van der Waals surface area contributed by atoms with Crippen LogP contribution in [0.15, 0.2) is 24.3 Å². The maximum absolute atomic E-state index is 5.16. The number of likely N-dealkylation sites (N-methyl/N-ethyl adjacent to an activating group) is 2. The summed E-state index contributed by atoms with van der Waals surface area (Å²) in [6, 6.07) is 8.33. The van der Waals surface area contributed by atoms with Crippen LogP contribution in [0, 0.1) is 0 Å². The molecule has 1 aliphatic rings. The first-order valence-electron chi connectivity index (χ1n) is 5.27. The third-order valence-corrected chi connectivity index (χ3v) is 3.05. The second-order valence-corrected chi connectivity index (χ2v) is 4.11. The van der Waals surface area contributed by atoms with Gasteiger partial charge in [-0.1, -0.05) is 12.1 Å². The average molecular weight is 206 g/mol. The minimum atomic E-state index is 0.413. The van der Waals surface area contributed by atoms with Crippen molar-refractivity contribution >= 4 is 0 Å². The number of ether oxygens (including phenoxy) is 1. The van der Waals surface area contributed by atoms with Gasteiger partial charge in [0.25, 0.3) is 0 Å². The highest BCUT2D eigenvalue weighted by Crippen LogP contribution is 2.27. The Kier molecular flexibility index (Phi) is 2.93. The smallest absolute Gasteiger partial charge is 0.118 e. The summed E-state index contributed by atoms with van der Waals surface area (Å²) >= 11 is 0. The minimum absolute atomic E-state index is 0.413. The number of hydrogen-bond acceptors (Lipinski definition) is 3. The van der Waals surface area contributed by atoms with Crippen LogP contribution in [0.25, 0.3) is 0 Å². The molecule has 0 unspecified atom stereocenters. The third kappa shape index (κ3) is 1.98. The lowest BCUT2D eigenvalue weighted by Gasteiger charge is -2.25. The van der Waals surface area contributed by atoms with Gasteiger partial charge in [-0.2, -0.15) is 0 Å². The van der Waals surface area contributed by atoms with Crippen molar-refractivity contribution in [3.8, 4) is 5.75 Å². The Hall–Kier alpha value is -1.06. The second-order valence-electron chi connectivity index (χ2n) is 4.11. The van der Waals surface area contributed by atoms with Crippen LogP contribution in [0.4, 0.5) is 0 Å². The number of benzene rings is 1. The van der Waals surface area contributed by atoms with E-state index in [0.29, 0.717) is 6.17 Å². The van der Waals surface area contributed by atoms with Crippen molar-refractivity contribution < 1.29 is 4.74 Å². The lowest BCUT2D eigenvalue weighted by Crippen LogP contribution is -2.25. The van der Waals surface area contributed by atoms with E-state index in [2.05, 4.69) is 36.0 Å². The summed E-state index contributed by atoms with van der Waals surface area (Å²) in [6.07, 6.45) is 0.413. The van der Waals surface area contributed by atoms with Crippen LogP contribution in [0.2, 0.25) is 0 Å². The molecule has 0 aromatic heterocycles. The van der Waals surface area contributed by atoms with Crippen molar-refractivity contribution in [1.82, 2.24) is 9.80 Å². The molecule has 0 aliphatic carbocycles. The van der Waals surface area contributed by atoms with E-state index in [1.807, 2.05) is 12.1 Å². The Morgan fingerprint density at radius 2 is 1.60 bits per heavy atom. The van der Waals surface area contributed by atoms with Gasteiger partial charge < -0.3 is 4.74 Å². The fourth-order valence-corrected chi connectivity index (χ4v) is 2.18. The van der Waals surface area contributed by atoms with Gasteiger partial charge in [0.2, 0.25) is 0 Å². The van der Waals surface area contributed by atoms with E-state index in [4.69, 9.17) is 4.74 Å². The van der Waals surface area contributed by atoms with Crippen molar-refractivity contribution in [2.45, 2.75) is 6.17 Å². The lowest BCUT2D eigenvalue weighted by molar-refractivity contribution is 0.190. The molecule has 1 aromatic carbocycles. The highest BCUT2D eigenvalue weighted by atomic mass is 16.5. The number of rotatable bonds is 2. The summed E-state index contributed by atoms with van der Waals surface area (Å²) < 4.78 is 5.16. The standard InChI is InChI=1S/C12H18N2O/c1-13-8-9-14(2)12(13)10-4-6-11(15-3)7-5-10/h4-7,12H,8-9H2,1-3H3. The Labute approximate surface area is 91.2 Å². The van der Waals surface area contributed by atoms with Gasteiger partial charge in [-0.05, 0) is 31.8 Å². The van der Waals surface area contributed by atoms with Gasteiger partial charge in [-0.25, -0.2) is 0 Å². The van der Waals surface area contributed by atoms with Gasteiger partial charge in [0.15, 0.2) is 0 Å². The average Bonchev–Trinajstić information content (AvgIpc) is 2.59. The van der Waals surface area contributed by atoms with Crippen molar-refractivity contribution in [3.63, 3.8) is 0 Å². The van der Waals surface area contributed by atoms with Crippen LogP contribution in [0.3, 0.4) is 0 Å². The fourth-order valence-electron chi connectivity index (χ4n) is 2.18. The molecule has 3 nitrogen and oxygen atoms in total. The van der Waals surface area contributed by atoms with Gasteiger partial charge >= 0.3 is 0 Å². The van der Waals surface area contributed by atoms with Crippen molar-refractivity contribution in [2.24, 2.45) is 0 Å². The number of methoxy groups -OCH3 is 1. The molecule has 0 amide bonds. The minimum Gasteiger partial charge on any atom is -0.497 e. The van der Waals surface area contributed by atoms with Crippen LogP contribution in [-0.2, 0) is 0 Å². The summed E-state index contributed by atoms with van der Waals surface area (Å²) in [7, 11) is 6.03. The van der Waals surface area contributed by atoms with E-state index in [-0.39, 0.29) is 0 Å². The second kappa shape index (κ2) is 4.21. The molecule has 0 bridgehead atoms. The summed E-state index contributed by atoms with van der Waals surface area (Å²) in [5, 5.41) is 0. The van der Waals surface area contributed by atoms with E-state index >= 15 is 0 Å². The molecule has 82 valence electrons. The van der Waals surface area contributed by atoms with Gasteiger partial charge in [0.05, 0.1) is 13.3 Å². The summed E-state index contributed by atoms with van der Waals surface area (Å²) in [5.74, 6) is 0.919. The van der Waals surface area contributed by atoms with Crippen molar-refractivity contribution in [3.05, 3.63) is 29.8 Å². The molecule has 1 fully saturated rings. The molecule has 0 saturated carbocycles. The number of nitrogens with zero attached hydrogens (tertiary/aromatic N) is 2. The Morgan fingerprint density at radius 3 is 2.07 bits per heavy atom. The molecule has 0 radical (unpaired) electrons. The molecule has 2 rings (SSSR count). The van der Waals surface area contributed by atoms with Gasteiger partial charge in [0.1, 0.15) is 5.75 Å². The normalized spacial score (nSPS) is 19.7. The van der Waals surface area contributed by atoms with Gasteiger partial charge in [-0.15, -0.1) is 0 Å². The molecule has 15 heavy (non-hydrogen) atoms. The maximum atomic E-state index is 5.16. The van der Waals surface area contributed by atoms with E-state index in [1.165, 1.54) is 5.56 Å². The quantitative estimate of drug-likeness (QED) is 0.730. The molecule has 1 saturated heterocycles. The van der Waals surface area contributed by atoms with E-state index in [9.17, 15) is 0 Å². The first kappa shape index (κ1) is 10.5. The molecule has 3 heteroatoms. The SMILES string of the molecule is COc1ccc(C2N(C)CCN2C)cc1.